The van der Waals surface area contributed by atoms with Gasteiger partial charge in [-0.05, 0) is 82.3 Å². The van der Waals surface area contributed by atoms with Crippen molar-refractivity contribution in [2.75, 3.05) is 20.3 Å². The van der Waals surface area contributed by atoms with Crippen LogP contribution in [0.4, 0.5) is 17.6 Å². The van der Waals surface area contributed by atoms with E-state index in [1.54, 1.807) is 31.2 Å². The summed E-state index contributed by atoms with van der Waals surface area (Å²) in [7, 11) is -2.98. The number of hydrogen-bond acceptors (Lipinski definition) is 10. The average molecular weight is 872 g/mol. The van der Waals surface area contributed by atoms with Crippen molar-refractivity contribution < 1.29 is 59.4 Å². The Morgan fingerprint density at radius 3 is 2.47 bits per heavy atom. The van der Waals surface area contributed by atoms with Crippen LogP contribution in [0.2, 0.25) is 5.02 Å². The molecule has 3 fully saturated rings. The number of sulfonamides is 1. The number of benzene rings is 1. The van der Waals surface area contributed by atoms with Crippen LogP contribution in [0.15, 0.2) is 36.5 Å². The van der Waals surface area contributed by atoms with Crippen LogP contribution in [-0.4, -0.2) is 90.9 Å². The summed E-state index contributed by atoms with van der Waals surface area (Å²) in [6, 6.07) is 3.78. The van der Waals surface area contributed by atoms with Crippen molar-refractivity contribution in [2.45, 2.75) is 114 Å². The maximum atomic E-state index is 14.8. The fraction of sp³-hybridized carbons (Fsp3) is 0.634. The first-order valence-corrected chi connectivity index (χ1v) is 21.6. The zero-order chi connectivity index (χ0) is 43.3. The first-order chi connectivity index (χ1) is 27.6. The molecule has 1 aromatic carbocycles. The molecule has 6 rings (SSSR count). The Bertz CT molecular complexity index is 2130. The predicted octanol–water partition coefficient (Wildman–Crippen LogP) is 7.06. The normalized spacial score (nSPS) is 29.4. The van der Waals surface area contributed by atoms with Crippen molar-refractivity contribution in [3.05, 3.63) is 41.6 Å². The van der Waals surface area contributed by atoms with E-state index in [2.05, 4.69) is 9.71 Å². The molecule has 1 aromatic heterocycles. The number of fused-ring (bicyclic) bond motifs is 3. The Hall–Kier alpha value is -3.99. The van der Waals surface area contributed by atoms with Gasteiger partial charge in [-0.1, -0.05) is 43.7 Å². The Morgan fingerprint density at radius 1 is 1.12 bits per heavy atom. The SMILES string of the molecule is COc1cnc(O[C@@H]2C[C@H]3C(=O)C[C@]4(C(=O)NS(=O)(=O)C5(CF)CC5)C[C@H]4/C=C\CC[C@@H](C)C[C@@H](C)[C@H](CC(=O)OC(C)(C)C(F)(F)F)C(=O)N3C2)c2cccc(Cl)c12. The van der Waals surface area contributed by atoms with E-state index < -0.39 is 105 Å². The summed E-state index contributed by atoms with van der Waals surface area (Å²) in [5.74, 6) is -5.31. The molecule has 2 amide bonds. The molecular formula is C41H50ClF4N3O9S. The molecule has 12 nitrogen and oxygen atoms in total. The van der Waals surface area contributed by atoms with Crippen LogP contribution in [0, 0.1) is 29.1 Å². The highest BCUT2D eigenvalue weighted by atomic mass is 35.5. The number of methoxy groups -OCH3 is 1. The van der Waals surface area contributed by atoms with Crippen LogP contribution in [0.1, 0.15) is 85.5 Å². The Morgan fingerprint density at radius 2 is 1.83 bits per heavy atom. The van der Waals surface area contributed by atoms with Gasteiger partial charge in [-0.25, -0.2) is 17.8 Å². The number of carbonyl (C=O) groups excluding carboxylic acids is 4. The molecule has 59 heavy (non-hydrogen) atoms. The highest BCUT2D eigenvalue weighted by molar-refractivity contribution is 7.91. The van der Waals surface area contributed by atoms with E-state index in [1.807, 2.05) is 13.0 Å². The van der Waals surface area contributed by atoms with Crippen molar-refractivity contribution in [3.63, 3.8) is 0 Å². The number of amides is 2. The average Bonchev–Trinajstić information content (AvgIpc) is 4.06. The number of rotatable bonds is 10. The Labute approximate surface area is 345 Å². The fourth-order valence-corrected chi connectivity index (χ4v) is 10.1. The summed E-state index contributed by atoms with van der Waals surface area (Å²) < 4.78 is 98.7. The van der Waals surface area contributed by atoms with Gasteiger partial charge in [0.1, 0.15) is 23.3 Å². The summed E-state index contributed by atoms with van der Waals surface area (Å²) in [5, 5.41) is 1.32. The smallest absolute Gasteiger partial charge is 0.427 e. The van der Waals surface area contributed by atoms with Crippen LogP contribution in [0.3, 0.4) is 0 Å². The zero-order valence-electron chi connectivity index (χ0n) is 33.6. The van der Waals surface area contributed by atoms with Gasteiger partial charge in [0.05, 0.1) is 48.7 Å². The first kappa shape index (κ1) is 44.6. The monoisotopic (exact) mass is 871 g/mol. The summed E-state index contributed by atoms with van der Waals surface area (Å²) >= 11 is 6.52. The van der Waals surface area contributed by atoms with E-state index in [9.17, 15) is 45.2 Å². The largest absolute Gasteiger partial charge is 0.494 e. The molecule has 7 atom stereocenters. The van der Waals surface area contributed by atoms with E-state index >= 15 is 0 Å². The standard InChI is InChI=1S/C41H50ClF4N3O9S/c1-23-9-6-7-10-25-18-40(25,37(53)48-59(54,55)39(22-43)13-14-39)19-31(50)30-16-26(57-35-27-11-8-12-29(42)34(27)32(56-5)20-47-35)21-49(30)36(52)28(24(2)15-23)17-33(51)58-38(3,4)41(44,45)46/h7-8,10-12,20,23-26,28,30H,6,9,13-19,21-22H2,1-5H3,(H,48,53)/b10-7-/t23-,24-,25-,26-,28+,30+,40-/m1/s1. The van der Waals surface area contributed by atoms with Crippen LogP contribution in [0.25, 0.3) is 10.8 Å². The van der Waals surface area contributed by atoms with Gasteiger partial charge in [0.25, 0.3) is 0 Å². The number of allylic oxidation sites excluding steroid dienone is 2. The number of nitrogens with one attached hydrogen (secondary N) is 1. The second kappa shape index (κ2) is 16.5. The third-order valence-electron chi connectivity index (χ3n) is 12.5. The van der Waals surface area contributed by atoms with E-state index in [1.165, 1.54) is 18.2 Å². The number of hydrogen-bond donors (Lipinski definition) is 1. The number of esters is 1. The van der Waals surface area contributed by atoms with Gasteiger partial charge in [-0.15, -0.1) is 0 Å². The van der Waals surface area contributed by atoms with Gasteiger partial charge in [0.2, 0.25) is 33.3 Å². The molecular weight excluding hydrogens is 822 g/mol. The van der Waals surface area contributed by atoms with E-state index in [0.29, 0.717) is 54.7 Å². The van der Waals surface area contributed by atoms with Crippen LogP contribution >= 0.6 is 11.6 Å². The number of carbonyl (C=O) groups is 4. The molecule has 0 radical (unpaired) electrons. The molecule has 18 heteroatoms. The number of halogens is 5. The number of ketones is 1. The number of Topliss-reactive ketones (excluding diaryl/α,β-unsaturated/α-hetero) is 1. The lowest BCUT2D eigenvalue weighted by atomic mass is 9.82. The molecule has 2 aliphatic carbocycles. The molecule has 1 saturated heterocycles. The van der Waals surface area contributed by atoms with Crippen molar-refractivity contribution >= 4 is 56.0 Å². The number of nitrogens with zero attached hydrogens (tertiary/aromatic N) is 2. The van der Waals surface area contributed by atoms with E-state index in [4.69, 9.17) is 25.8 Å². The predicted molar refractivity (Wildman–Crippen MR) is 209 cm³/mol. The quantitative estimate of drug-likeness (QED) is 0.149. The minimum atomic E-state index is -4.89. The third-order valence-corrected chi connectivity index (χ3v) is 15.0. The van der Waals surface area contributed by atoms with Crippen LogP contribution in [0.5, 0.6) is 11.6 Å². The number of alkyl halides is 4. The summed E-state index contributed by atoms with van der Waals surface area (Å²) in [6.07, 6.45) is -0.262. The Kier molecular flexibility index (Phi) is 12.4. The van der Waals surface area contributed by atoms with E-state index in [-0.39, 0.29) is 44.0 Å². The minimum absolute atomic E-state index is 0.0288. The minimum Gasteiger partial charge on any atom is -0.494 e. The molecule has 3 heterocycles. The molecule has 1 N–H and O–H groups in total. The summed E-state index contributed by atoms with van der Waals surface area (Å²) in [6.45, 7) is 3.73. The summed E-state index contributed by atoms with van der Waals surface area (Å²) in [5.41, 5.74) is -4.36. The maximum absolute atomic E-state index is 14.8. The van der Waals surface area contributed by atoms with Gasteiger partial charge < -0.3 is 19.1 Å². The lowest BCUT2D eigenvalue weighted by Gasteiger charge is -2.33. The molecule has 0 unspecified atom stereocenters. The van der Waals surface area contributed by atoms with Gasteiger partial charge in [-0.2, -0.15) is 13.2 Å². The van der Waals surface area contributed by atoms with Crippen molar-refractivity contribution in [1.82, 2.24) is 14.6 Å². The van der Waals surface area contributed by atoms with Crippen LogP contribution in [-0.2, 0) is 33.9 Å². The maximum Gasteiger partial charge on any atom is 0.427 e. The molecule has 2 saturated carbocycles. The number of aromatic nitrogens is 1. The third kappa shape index (κ3) is 8.92. The highest BCUT2D eigenvalue weighted by Gasteiger charge is 2.63. The lowest BCUT2D eigenvalue weighted by Crippen LogP contribution is -2.49. The Balaban J connectivity index is 1.37. The van der Waals surface area contributed by atoms with Gasteiger partial charge >= 0.3 is 12.1 Å². The fourth-order valence-electron chi connectivity index (χ4n) is 8.41. The topological polar surface area (TPSA) is 158 Å². The number of ether oxygens (including phenoxy) is 3. The molecule has 0 bridgehead atoms. The first-order valence-electron chi connectivity index (χ1n) is 19.8. The number of pyridine rings is 1. The molecule has 324 valence electrons. The van der Waals surface area contributed by atoms with Crippen molar-refractivity contribution in [3.8, 4) is 11.6 Å². The molecule has 4 aliphatic rings. The van der Waals surface area contributed by atoms with Gasteiger partial charge in [0, 0.05) is 23.6 Å². The second-order valence-electron chi connectivity index (χ2n) is 17.3. The van der Waals surface area contributed by atoms with Crippen molar-refractivity contribution in [2.24, 2.45) is 29.1 Å². The zero-order valence-corrected chi connectivity index (χ0v) is 35.1. The molecule has 2 aliphatic heterocycles. The summed E-state index contributed by atoms with van der Waals surface area (Å²) in [4.78, 5) is 62.4. The van der Waals surface area contributed by atoms with Crippen molar-refractivity contribution in [1.29, 1.82) is 0 Å². The van der Waals surface area contributed by atoms with Gasteiger partial charge in [0.15, 0.2) is 5.78 Å². The molecule has 2 aromatic rings. The lowest BCUT2D eigenvalue weighted by molar-refractivity contribution is -0.257. The van der Waals surface area contributed by atoms with E-state index in [0.717, 1.165) is 0 Å². The van der Waals surface area contributed by atoms with Crippen LogP contribution < -0.4 is 14.2 Å². The van der Waals surface area contributed by atoms with Gasteiger partial charge in [-0.3, -0.25) is 23.9 Å². The molecule has 0 spiro atoms. The highest BCUT2D eigenvalue weighted by Crippen LogP contribution is 2.58. The second-order valence-corrected chi connectivity index (χ2v) is 19.7.